The number of carbonyl (C=O) groups is 1. The highest BCUT2D eigenvalue weighted by molar-refractivity contribution is 5.97. The number of nitrogens with zero attached hydrogens (tertiary/aromatic N) is 1. The van der Waals surface area contributed by atoms with Gasteiger partial charge in [-0.3, -0.25) is 9.78 Å². The fourth-order valence-electron chi connectivity index (χ4n) is 3.12. The van der Waals surface area contributed by atoms with E-state index in [1.165, 1.54) is 25.7 Å². The molecular formula is C17H26Cl2N4O. The van der Waals surface area contributed by atoms with Crippen molar-refractivity contribution >= 4 is 41.6 Å². The summed E-state index contributed by atoms with van der Waals surface area (Å²) < 4.78 is 0. The number of hydrogen-bond donors (Lipinski definition) is 3. The lowest BCUT2D eigenvalue weighted by Gasteiger charge is -2.22. The van der Waals surface area contributed by atoms with Gasteiger partial charge in [0.05, 0.1) is 0 Å². The molecule has 3 N–H and O–H groups in total. The van der Waals surface area contributed by atoms with Gasteiger partial charge in [0.15, 0.2) is 0 Å². The Morgan fingerprint density at radius 2 is 2.04 bits per heavy atom. The van der Waals surface area contributed by atoms with Crippen LogP contribution < -0.4 is 10.6 Å². The second-order valence-electron chi connectivity index (χ2n) is 6.09. The van der Waals surface area contributed by atoms with E-state index in [0.717, 1.165) is 42.9 Å². The molecule has 3 rings (SSSR count). The van der Waals surface area contributed by atoms with Gasteiger partial charge < -0.3 is 15.6 Å². The normalized spacial score (nSPS) is 14.7. The first-order valence-corrected chi connectivity index (χ1v) is 8.24. The fraction of sp³-hybridized carbons (Fsp3) is 0.529. The SMILES string of the molecule is Cl.Cl.O=C(NCCCCC1CCNCC1)c1cc2cnccc2[nH]1. The van der Waals surface area contributed by atoms with Crippen LogP contribution >= 0.6 is 24.8 Å². The number of carbonyl (C=O) groups excluding carboxylic acids is 1. The van der Waals surface area contributed by atoms with Crippen molar-refractivity contribution in [2.45, 2.75) is 32.1 Å². The summed E-state index contributed by atoms with van der Waals surface area (Å²) >= 11 is 0. The Morgan fingerprint density at radius 3 is 2.79 bits per heavy atom. The van der Waals surface area contributed by atoms with E-state index < -0.39 is 0 Å². The lowest BCUT2D eigenvalue weighted by Crippen LogP contribution is -2.28. The molecule has 1 saturated heterocycles. The van der Waals surface area contributed by atoms with Gasteiger partial charge in [0.1, 0.15) is 5.69 Å². The fourth-order valence-corrected chi connectivity index (χ4v) is 3.12. The summed E-state index contributed by atoms with van der Waals surface area (Å²) in [7, 11) is 0. The summed E-state index contributed by atoms with van der Waals surface area (Å²) in [6.07, 6.45) is 9.63. The van der Waals surface area contributed by atoms with Crippen molar-refractivity contribution in [2.75, 3.05) is 19.6 Å². The smallest absolute Gasteiger partial charge is 0.267 e. The zero-order valence-corrected chi connectivity index (χ0v) is 15.3. The van der Waals surface area contributed by atoms with E-state index in [2.05, 4.69) is 20.6 Å². The molecular weight excluding hydrogens is 347 g/mol. The average molecular weight is 373 g/mol. The number of nitrogens with one attached hydrogen (secondary N) is 3. The van der Waals surface area contributed by atoms with E-state index in [4.69, 9.17) is 0 Å². The Bertz CT molecular complexity index is 593. The number of H-pyrrole nitrogens is 1. The standard InChI is InChI=1S/C17H24N4O.2ClH/c22-17(16-11-14-12-19-10-6-15(14)21-16)20-7-2-1-3-13-4-8-18-9-5-13;;/h6,10-13,18,21H,1-5,7-9H2,(H,20,22);2*1H. The van der Waals surface area contributed by atoms with E-state index in [1.54, 1.807) is 12.4 Å². The molecule has 134 valence electrons. The third kappa shape index (κ3) is 5.65. The molecule has 1 fully saturated rings. The van der Waals surface area contributed by atoms with Crippen molar-refractivity contribution in [2.24, 2.45) is 5.92 Å². The second kappa shape index (κ2) is 10.5. The molecule has 5 nitrogen and oxygen atoms in total. The van der Waals surface area contributed by atoms with Crippen LogP contribution in [0, 0.1) is 5.92 Å². The third-order valence-corrected chi connectivity index (χ3v) is 4.45. The summed E-state index contributed by atoms with van der Waals surface area (Å²) in [4.78, 5) is 19.3. The number of unbranched alkanes of at least 4 members (excludes halogenated alkanes) is 1. The maximum atomic E-state index is 12.1. The van der Waals surface area contributed by atoms with Gasteiger partial charge >= 0.3 is 0 Å². The quantitative estimate of drug-likeness (QED) is 0.681. The molecule has 0 unspecified atom stereocenters. The van der Waals surface area contributed by atoms with Crippen LogP contribution in [-0.2, 0) is 0 Å². The Labute approximate surface area is 155 Å². The lowest BCUT2D eigenvalue weighted by molar-refractivity contribution is 0.0948. The maximum Gasteiger partial charge on any atom is 0.267 e. The Hall–Kier alpha value is -1.30. The van der Waals surface area contributed by atoms with Gasteiger partial charge in [-0.15, -0.1) is 24.8 Å². The summed E-state index contributed by atoms with van der Waals surface area (Å²) in [5.74, 6) is 0.844. The van der Waals surface area contributed by atoms with Crippen LogP contribution in [0.4, 0.5) is 0 Å². The van der Waals surface area contributed by atoms with Crippen molar-refractivity contribution in [1.82, 2.24) is 20.6 Å². The monoisotopic (exact) mass is 372 g/mol. The molecule has 2 aromatic rings. The van der Waals surface area contributed by atoms with Crippen molar-refractivity contribution in [3.63, 3.8) is 0 Å². The van der Waals surface area contributed by atoms with Gasteiger partial charge in [0, 0.05) is 29.8 Å². The molecule has 7 heteroatoms. The van der Waals surface area contributed by atoms with E-state index in [-0.39, 0.29) is 30.7 Å². The first kappa shape index (κ1) is 20.7. The summed E-state index contributed by atoms with van der Waals surface area (Å²) in [6.45, 7) is 3.07. The minimum atomic E-state index is -0.0296. The Morgan fingerprint density at radius 1 is 1.25 bits per heavy atom. The molecule has 0 bridgehead atoms. The zero-order valence-electron chi connectivity index (χ0n) is 13.7. The van der Waals surface area contributed by atoms with Crippen molar-refractivity contribution in [3.8, 4) is 0 Å². The number of fused-ring (bicyclic) bond motifs is 1. The van der Waals surface area contributed by atoms with Gasteiger partial charge in [-0.2, -0.15) is 0 Å². The number of halogens is 2. The van der Waals surface area contributed by atoms with Gasteiger partial charge in [-0.05, 0) is 50.4 Å². The molecule has 3 heterocycles. The minimum Gasteiger partial charge on any atom is -0.351 e. The number of hydrogen-bond acceptors (Lipinski definition) is 3. The number of rotatable bonds is 6. The largest absolute Gasteiger partial charge is 0.351 e. The van der Waals surface area contributed by atoms with Crippen LogP contribution in [0.3, 0.4) is 0 Å². The Balaban J connectivity index is 0.00000144. The molecule has 0 spiro atoms. The molecule has 0 saturated carbocycles. The van der Waals surface area contributed by atoms with Crippen molar-refractivity contribution in [3.05, 3.63) is 30.2 Å². The average Bonchev–Trinajstić information content (AvgIpc) is 2.99. The van der Waals surface area contributed by atoms with Crippen LogP contribution in [0.2, 0.25) is 0 Å². The molecule has 0 aromatic carbocycles. The molecule has 0 atom stereocenters. The van der Waals surface area contributed by atoms with Crippen LogP contribution in [0.15, 0.2) is 24.5 Å². The molecule has 1 aliphatic rings. The van der Waals surface area contributed by atoms with Crippen molar-refractivity contribution in [1.29, 1.82) is 0 Å². The van der Waals surface area contributed by atoms with Gasteiger partial charge in [-0.25, -0.2) is 0 Å². The molecule has 24 heavy (non-hydrogen) atoms. The number of amides is 1. The highest BCUT2D eigenvalue weighted by Crippen LogP contribution is 2.18. The number of aromatic amines is 1. The topological polar surface area (TPSA) is 69.8 Å². The first-order valence-electron chi connectivity index (χ1n) is 8.24. The van der Waals surface area contributed by atoms with E-state index >= 15 is 0 Å². The molecule has 1 amide bonds. The lowest BCUT2D eigenvalue weighted by atomic mass is 9.92. The molecule has 0 radical (unpaired) electrons. The van der Waals surface area contributed by atoms with E-state index in [9.17, 15) is 4.79 Å². The van der Waals surface area contributed by atoms with Crippen LogP contribution in [0.5, 0.6) is 0 Å². The van der Waals surface area contributed by atoms with Gasteiger partial charge in [0.2, 0.25) is 0 Å². The van der Waals surface area contributed by atoms with Crippen LogP contribution in [-0.4, -0.2) is 35.5 Å². The maximum absolute atomic E-state index is 12.1. The summed E-state index contributed by atoms with van der Waals surface area (Å²) in [5.41, 5.74) is 1.56. The third-order valence-electron chi connectivity index (χ3n) is 4.45. The number of piperidine rings is 1. The first-order chi connectivity index (χ1) is 10.8. The summed E-state index contributed by atoms with van der Waals surface area (Å²) in [5, 5.41) is 7.36. The predicted molar refractivity (Wildman–Crippen MR) is 102 cm³/mol. The summed E-state index contributed by atoms with van der Waals surface area (Å²) in [6, 6.07) is 3.73. The molecule has 0 aliphatic carbocycles. The minimum absolute atomic E-state index is 0. The van der Waals surface area contributed by atoms with Crippen LogP contribution in [0.25, 0.3) is 10.9 Å². The van der Waals surface area contributed by atoms with Crippen LogP contribution in [0.1, 0.15) is 42.6 Å². The molecule has 2 aromatic heterocycles. The molecule has 1 aliphatic heterocycles. The van der Waals surface area contributed by atoms with E-state index in [1.807, 2.05) is 12.1 Å². The van der Waals surface area contributed by atoms with Gasteiger partial charge in [-0.1, -0.05) is 12.8 Å². The Kier molecular flexibility index (Phi) is 9.11. The number of aromatic nitrogens is 2. The second-order valence-corrected chi connectivity index (χ2v) is 6.09. The highest BCUT2D eigenvalue weighted by Gasteiger charge is 2.12. The van der Waals surface area contributed by atoms with Gasteiger partial charge in [0.25, 0.3) is 5.91 Å². The van der Waals surface area contributed by atoms with E-state index in [0.29, 0.717) is 5.69 Å². The highest BCUT2D eigenvalue weighted by atomic mass is 35.5. The zero-order chi connectivity index (χ0) is 15.2. The predicted octanol–water partition coefficient (Wildman–Crippen LogP) is 3.31. The van der Waals surface area contributed by atoms with Crippen molar-refractivity contribution < 1.29 is 4.79 Å². The number of pyridine rings is 1.